The average molecular weight is 577 g/mol. The third-order valence-electron chi connectivity index (χ3n) is 13.9. The molecule has 4 aliphatic carbocycles. The molecule has 3 heterocycles. The smallest absolute Gasteiger partial charge is 0.203 e. The normalized spacial score (nSPS) is 58.3. The van der Waals surface area contributed by atoms with Crippen LogP contribution in [0.15, 0.2) is 11.6 Å². The lowest BCUT2D eigenvalue weighted by Gasteiger charge is -2.58. The van der Waals surface area contributed by atoms with Gasteiger partial charge in [0, 0.05) is 24.2 Å². The quantitative estimate of drug-likeness (QED) is 0.326. The number of fused-ring (bicyclic) bond motifs is 7. The zero-order valence-corrected chi connectivity index (χ0v) is 25.5. The number of hydrogen-bond acceptors (Lipinski definition) is 7. The summed E-state index contributed by atoms with van der Waals surface area (Å²) in [5.74, 6) is 4.16. The first-order valence-corrected chi connectivity index (χ1v) is 16.7. The maximum atomic E-state index is 10.5. The Morgan fingerprint density at radius 3 is 2.54 bits per heavy atom. The zero-order valence-electron chi connectivity index (χ0n) is 25.5. The van der Waals surface area contributed by atoms with E-state index in [2.05, 4.69) is 39.1 Å². The lowest BCUT2D eigenvalue weighted by atomic mass is 9.47. The maximum Gasteiger partial charge on any atom is 0.203 e. The minimum absolute atomic E-state index is 0.0115. The van der Waals surface area contributed by atoms with Crippen molar-refractivity contribution in [2.45, 2.75) is 134 Å². The SMILES string of the molecule is C[C@@H]1CC[C@@]2([NH2+]C1)O[C@H]1C[C@H]3[C@@H]4CC=C5C[C@@H](O[C@@H]6O[C@H](CO)[C@@H](O)C(O)C6O)CC[C@]5(C)[C@H]4CC[C@]3(C)[C@H]1[C@@H]2C. The molecular formula is C33H54NO7+. The monoisotopic (exact) mass is 576 g/mol. The predicted molar refractivity (Wildman–Crippen MR) is 151 cm³/mol. The van der Waals surface area contributed by atoms with Gasteiger partial charge in [0.2, 0.25) is 5.72 Å². The van der Waals surface area contributed by atoms with E-state index >= 15 is 0 Å². The highest BCUT2D eigenvalue weighted by molar-refractivity contribution is 5.26. The molecule has 2 unspecified atom stereocenters. The summed E-state index contributed by atoms with van der Waals surface area (Å²) >= 11 is 0. The molecule has 7 aliphatic rings. The Morgan fingerprint density at radius 2 is 1.80 bits per heavy atom. The molecule has 41 heavy (non-hydrogen) atoms. The van der Waals surface area contributed by atoms with Gasteiger partial charge in [-0.05, 0) is 80.0 Å². The van der Waals surface area contributed by atoms with Crippen molar-refractivity contribution in [3.63, 3.8) is 0 Å². The Balaban J connectivity index is 1.05. The van der Waals surface area contributed by atoms with Crippen LogP contribution in [0.1, 0.15) is 85.5 Å². The summed E-state index contributed by atoms with van der Waals surface area (Å²) in [6.07, 6.45) is 6.85. The molecule has 3 saturated carbocycles. The number of hydrogen-bond donors (Lipinski definition) is 5. The van der Waals surface area contributed by atoms with Crippen molar-refractivity contribution >= 4 is 0 Å². The molecule has 232 valence electrons. The Morgan fingerprint density at radius 1 is 1.00 bits per heavy atom. The molecule has 3 saturated heterocycles. The van der Waals surface area contributed by atoms with Crippen LogP contribution in [0.25, 0.3) is 0 Å². The van der Waals surface area contributed by atoms with Crippen molar-refractivity contribution in [1.82, 2.24) is 0 Å². The highest BCUT2D eigenvalue weighted by atomic mass is 16.7. The molecular weight excluding hydrogens is 522 g/mol. The number of quaternary nitrogens is 1. The van der Waals surface area contributed by atoms with E-state index in [1.807, 2.05) is 0 Å². The molecule has 3 aliphatic heterocycles. The van der Waals surface area contributed by atoms with E-state index in [-0.39, 0.29) is 17.2 Å². The third kappa shape index (κ3) is 4.29. The van der Waals surface area contributed by atoms with Gasteiger partial charge in [0.1, 0.15) is 24.4 Å². The number of piperidine rings is 1. The molecule has 1 spiro atoms. The van der Waals surface area contributed by atoms with Crippen molar-refractivity contribution in [3.8, 4) is 0 Å². The molecule has 0 aromatic heterocycles. The Labute approximate surface area is 245 Å². The number of nitrogens with two attached hydrogens (primary N) is 1. The molecule has 0 bridgehead atoms. The first-order chi connectivity index (χ1) is 19.5. The van der Waals surface area contributed by atoms with Crippen molar-refractivity contribution in [3.05, 3.63) is 11.6 Å². The van der Waals surface area contributed by atoms with Crippen molar-refractivity contribution in [2.75, 3.05) is 13.2 Å². The lowest BCUT2D eigenvalue weighted by Crippen LogP contribution is -3.00. The fraction of sp³-hybridized carbons (Fsp3) is 0.939. The summed E-state index contributed by atoms with van der Waals surface area (Å²) < 4.78 is 19.0. The van der Waals surface area contributed by atoms with Gasteiger partial charge in [-0.3, -0.25) is 0 Å². The van der Waals surface area contributed by atoms with Gasteiger partial charge in [-0.15, -0.1) is 0 Å². The largest absolute Gasteiger partial charge is 0.394 e. The first kappa shape index (κ1) is 29.1. The van der Waals surface area contributed by atoms with Gasteiger partial charge in [0.25, 0.3) is 0 Å². The van der Waals surface area contributed by atoms with Crippen LogP contribution < -0.4 is 5.32 Å². The summed E-state index contributed by atoms with van der Waals surface area (Å²) in [5.41, 5.74) is 2.02. The van der Waals surface area contributed by atoms with Gasteiger partial charge in [-0.2, -0.15) is 0 Å². The Hall–Kier alpha value is -0.580. The number of allylic oxidation sites excluding steroid dienone is 1. The van der Waals surface area contributed by atoms with Gasteiger partial charge in [-0.1, -0.05) is 39.3 Å². The summed E-state index contributed by atoms with van der Waals surface area (Å²) in [4.78, 5) is 0. The van der Waals surface area contributed by atoms with E-state index in [0.717, 1.165) is 37.5 Å². The predicted octanol–water partition coefficient (Wildman–Crippen LogP) is 2.08. The van der Waals surface area contributed by atoms with E-state index in [9.17, 15) is 20.4 Å². The lowest BCUT2D eigenvalue weighted by molar-refractivity contribution is -0.786. The molecule has 0 radical (unpaired) electrons. The van der Waals surface area contributed by atoms with Crippen molar-refractivity contribution in [2.24, 2.45) is 46.3 Å². The van der Waals surface area contributed by atoms with Crippen LogP contribution in [-0.2, 0) is 14.2 Å². The molecule has 16 atom stereocenters. The van der Waals surface area contributed by atoms with Crippen LogP contribution in [0.2, 0.25) is 0 Å². The van der Waals surface area contributed by atoms with E-state index in [4.69, 9.17) is 14.2 Å². The standard InChI is InChI=1S/C33H53NO7/c1-17-7-12-33(34-15-17)18(2)26-24(41-33)14-23-21-6-5-19-13-20(8-10-31(19,3)22(21)9-11-32(23,26)4)39-30-29(38)28(37)27(36)25(16-35)40-30/h5,17-18,20-30,34-38H,6-16H2,1-4H3/p+1/t17-,18+,20+,21-,22+,23+,24+,25-,26+,27-,28?,29?,30-,31+,32+,33-/m1/s1. The molecule has 8 nitrogen and oxygen atoms in total. The second-order valence-corrected chi connectivity index (χ2v) is 15.7. The van der Waals surface area contributed by atoms with Crippen LogP contribution in [0.4, 0.5) is 0 Å². The molecule has 0 aromatic rings. The summed E-state index contributed by atoms with van der Waals surface area (Å²) in [6.45, 7) is 10.8. The fourth-order valence-electron chi connectivity index (χ4n) is 11.5. The van der Waals surface area contributed by atoms with Crippen molar-refractivity contribution in [1.29, 1.82) is 0 Å². The molecule has 8 heteroatoms. The number of rotatable bonds is 3. The van der Waals surface area contributed by atoms with Gasteiger partial charge in [-0.25, -0.2) is 0 Å². The Bertz CT molecular complexity index is 1030. The van der Waals surface area contributed by atoms with Crippen LogP contribution in [-0.4, -0.2) is 82.2 Å². The summed E-state index contributed by atoms with van der Waals surface area (Å²) in [7, 11) is 0. The van der Waals surface area contributed by atoms with Gasteiger partial charge < -0.3 is 40.0 Å². The topological polar surface area (TPSA) is 125 Å². The first-order valence-electron chi connectivity index (χ1n) is 16.7. The molecule has 7 rings (SSSR count). The molecule has 6 N–H and O–H groups in total. The molecule has 0 aromatic carbocycles. The maximum absolute atomic E-state index is 10.5. The van der Waals surface area contributed by atoms with Gasteiger partial charge in [0.05, 0.1) is 25.4 Å². The van der Waals surface area contributed by atoms with E-state index in [0.29, 0.717) is 35.2 Å². The summed E-state index contributed by atoms with van der Waals surface area (Å²) in [6, 6.07) is 0. The number of aliphatic hydroxyl groups is 4. The minimum Gasteiger partial charge on any atom is -0.394 e. The average Bonchev–Trinajstić information content (AvgIpc) is 3.40. The number of aliphatic hydroxyl groups excluding tert-OH is 4. The summed E-state index contributed by atoms with van der Waals surface area (Å²) in [5, 5.41) is 43.0. The number of ether oxygens (including phenoxy) is 3. The second kappa shape index (κ2) is 10.2. The molecule has 0 amide bonds. The van der Waals surface area contributed by atoms with Crippen LogP contribution in [0.3, 0.4) is 0 Å². The van der Waals surface area contributed by atoms with Crippen LogP contribution in [0, 0.1) is 46.3 Å². The van der Waals surface area contributed by atoms with Gasteiger partial charge in [0.15, 0.2) is 6.29 Å². The second-order valence-electron chi connectivity index (χ2n) is 15.7. The fourth-order valence-corrected chi connectivity index (χ4v) is 11.5. The third-order valence-corrected chi connectivity index (χ3v) is 13.9. The van der Waals surface area contributed by atoms with E-state index in [1.54, 1.807) is 0 Å². The van der Waals surface area contributed by atoms with E-state index < -0.39 is 37.3 Å². The Kier molecular flexibility index (Phi) is 7.27. The van der Waals surface area contributed by atoms with Crippen LogP contribution in [0.5, 0.6) is 0 Å². The van der Waals surface area contributed by atoms with Crippen LogP contribution >= 0.6 is 0 Å². The highest BCUT2D eigenvalue weighted by Crippen LogP contribution is 2.70. The highest BCUT2D eigenvalue weighted by Gasteiger charge is 2.69. The van der Waals surface area contributed by atoms with Crippen molar-refractivity contribution < 1.29 is 40.0 Å². The molecule has 6 fully saturated rings. The van der Waals surface area contributed by atoms with Gasteiger partial charge >= 0.3 is 0 Å². The minimum atomic E-state index is -1.40. The van der Waals surface area contributed by atoms with E-state index in [1.165, 1.54) is 44.2 Å². The zero-order chi connectivity index (χ0) is 28.9.